The zero-order valence-electron chi connectivity index (χ0n) is 10.0. The van der Waals surface area contributed by atoms with E-state index in [1.165, 1.54) is 0 Å². The quantitative estimate of drug-likeness (QED) is 0.684. The first-order valence-corrected chi connectivity index (χ1v) is 4.85. The van der Waals surface area contributed by atoms with E-state index in [9.17, 15) is 10.2 Å². The summed E-state index contributed by atoms with van der Waals surface area (Å²) in [5.74, 6) is 0. The molecule has 0 bridgehead atoms. The van der Waals surface area contributed by atoms with Gasteiger partial charge < -0.3 is 10.2 Å². The minimum atomic E-state index is -1.23. The highest BCUT2D eigenvalue weighted by molar-refractivity contribution is 5.20. The minimum Gasteiger partial charge on any atom is -0.383 e. The van der Waals surface area contributed by atoms with E-state index in [0.29, 0.717) is 0 Å². The van der Waals surface area contributed by atoms with Crippen molar-refractivity contribution >= 4 is 0 Å². The molecule has 0 radical (unpaired) electrons. The van der Waals surface area contributed by atoms with Crippen LogP contribution in [-0.4, -0.2) is 21.4 Å². The molecule has 0 aliphatic carbocycles. The number of allylic oxidation sites excluding steroid dienone is 2. The standard InChI is InChI=1S/C12H22O2/c1-9(2)7-11(5,13)12(6,14)8-10(3)4/h7-8,13-14H,1-6H3. The van der Waals surface area contributed by atoms with Gasteiger partial charge in [-0.3, -0.25) is 0 Å². The van der Waals surface area contributed by atoms with Crippen LogP contribution in [0.4, 0.5) is 0 Å². The van der Waals surface area contributed by atoms with Crippen LogP contribution < -0.4 is 0 Å². The monoisotopic (exact) mass is 198 g/mol. The molecular weight excluding hydrogens is 176 g/mol. The Hall–Kier alpha value is -0.600. The Morgan fingerprint density at radius 2 is 1.00 bits per heavy atom. The van der Waals surface area contributed by atoms with Gasteiger partial charge in [-0.05, 0) is 41.5 Å². The molecule has 0 fully saturated rings. The van der Waals surface area contributed by atoms with Crippen molar-refractivity contribution in [2.45, 2.75) is 52.7 Å². The molecule has 0 rings (SSSR count). The maximum atomic E-state index is 10.1. The maximum absolute atomic E-state index is 10.1. The fourth-order valence-electron chi connectivity index (χ4n) is 1.42. The van der Waals surface area contributed by atoms with Crippen molar-refractivity contribution in [2.24, 2.45) is 0 Å². The summed E-state index contributed by atoms with van der Waals surface area (Å²) in [6.45, 7) is 10.8. The van der Waals surface area contributed by atoms with Crippen molar-refractivity contribution in [3.8, 4) is 0 Å². The molecule has 82 valence electrons. The van der Waals surface area contributed by atoms with Crippen LogP contribution in [0.3, 0.4) is 0 Å². The molecular formula is C12H22O2. The highest BCUT2D eigenvalue weighted by atomic mass is 16.3. The Morgan fingerprint density at radius 3 is 1.14 bits per heavy atom. The van der Waals surface area contributed by atoms with E-state index in [4.69, 9.17) is 0 Å². The topological polar surface area (TPSA) is 40.5 Å². The summed E-state index contributed by atoms with van der Waals surface area (Å²) < 4.78 is 0. The van der Waals surface area contributed by atoms with E-state index in [1.807, 2.05) is 27.7 Å². The fourth-order valence-corrected chi connectivity index (χ4v) is 1.42. The third-order valence-electron chi connectivity index (χ3n) is 2.16. The molecule has 0 aromatic rings. The average molecular weight is 198 g/mol. The van der Waals surface area contributed by atoms with Gasteiger partial charge in [-0.2, -0.15) is 0 Å². The largest absolute Gasteiger partial charge is 0.383 e. The van der Waals surface area contributed by atoms with Gasteiger partial charge in [0, 0.05) is 0 Å². The number of hydrogen-bond acceptors (Lipinski definition) is 2. The van der Waals surface area contributed by atoms with Crippen LogP contribution >= 0.6 is 0 Å². The molecule has 14 heavy (non-hydrogen) atoms. The molecule has 0 saturated carbocycles. The summed E-state index contributed by atoms with van der Waals surface area (Å²) in [6.07, 6.45) is 3.35. The SMILES string of the molecule is CC(C)=CC(C)(O)C(C)(O)C=C(C)C. The zero-order chi connectivity index (χ0) is 11.6. The van der Waals surface area contributed by atoms with Gasteiger partial charge >= 0.3 is 0 Å². The third kappa shape index (κ3) is 3.64. The lowest BCUT2D eigenvalue weighted by Gasteiger charge is -2.34. The summed E-state index contributed by atoms with van der Waals surface area (Å²) in [5.41, 5.74) is -0.499. The van der Waals surface area contributed by atoms with Gasteiger partial charge in [0.1, 0.15) is 11.2 Å². The van der Waals surface area contributed by atoms with Crippen molar-refractivity contribution in [3.05, 3.63) is 23.3 Å². The average Bonchev–Trinajstić information content (AvgIpc) is 1.78. The number of rotatable bonds is 3. The molecule has 0 amide bonds. The molecule has 0 aromatic carbocycles. The van der Waals surface area contributed by atoms with Crippen LogP contribution in [0.5, 0.6) is 0 Å². The first-order chi connectivity index (χ1) is 6.08. The molecule has 0 aliphatic rings. The van der Waals surface area contributed by atoms with Crippen LogP contribution in [0, 0.1) is 0 Å². The van der Waals surface area contributed by atoms with E-state index < -0.39 is 11.2 Å². The third-order valence-corrected chi connectivity index (χ3v) is 2.16. The highest BCUT2D eigenvalue weighted by Crippen LogP contribution is 2.27. The molecule has 0 spiro atoms. The van der Waals surface area contributed by atoms with E-state index in [1.54, 1.807) is 26.0 Å². The second-order valence-electron chi connectivity index (χ2n) is 4.74. The summed E-state index contributed by atoms with van der Waals surface area (Å²) in [6, 6.07) is 0. The number of hydrogen-bond donors (Lipinski definition) is 2. The lowest BCUT2D eigenvalue weighted by molar-refractivity contribution is -0.0692. The predicted octanol–water partition coefficient (Wildman–Crippen LogP) is 2.42. The summed E-state index contributed by atoms with van der Waals surface area (Å²) in [4.78, 5) is 0. The Kier molecular flexibility index (Phi) is 4.10. The Labute approximate surface area is 87.0 Å². The van der Waals surface area contributed by atoms with Gasteiger partial charge in [0.25, 0.3) is 0 Å². The highest BCUT2D eigenvalue weighted by Gasteiger charge is 2.37. The fraction of sp³-hybridized carbons (Fsp3) is 0.667. The summed E-state index contributed by atoms with van der Waals surface area (Å²) in [5, 5.41) is 20.2. The molecule has 0 heterocycles. The molecule has 2 heteroatoms. The van der Waals surface area contributed by atoms with Gasteiger partial charge in [0.05, 0.1) is 0 Å². The molecule has 0 aliphatic heterocycles. The van der Waals surface area contributed by atoms with Crippen LogP contribution in [0.2, 0.25) is 0 Å². The van der Waals surface area contributed by atoms with E-state index in [0.717, 1.165) is 11.1 Å². The Balaban J connectivity index is 5.07. The molecule has 0 aromatic heterocycles. The van der Waals surface area contributed by atoms with Gasteiger partial charge in [0.2, 0.25) is 0 Å². The van der Waals surface area contributed by atoms with Crippen LogP contribution in [-0.2, 0) is 0 Å². The summed E-state index contributed by atoms with van der Waals surface area (Å²) in [7, 11) is 0. The molecule has 0 saturated heterocycles. The lowest BCUT2D eigenvalue weighted by atomic mass is 9.83. The first kappa shape index (κ1) is 13.4. The zero-order valence-corrected chi connectivity index (χ0v) is 10.0. The van der Waals surface area contributed by atoms with Gasteiger partial charge in [-0.25, -0.2) is 0 Å². The van der Waals surface area contributed by atoms with Crippen molar-refractivity contribution in [1.82, 2.24) is 0 Å². The molecule has 2 atom stereocenters. The van der Waals surface area contributed by atoms with Gasteiger partial charge in [0.15, 0.2) is 0 Å². The van der Waals surface area contributed by atoms with Crippen LogP contribution in [0.15, 0.2) is 23.3 Å². The van der Waals surface area contributed by atoms with E-state index >= 15 is 0 Å². The second kappa shape index (κ2) is 4.28. The second-order valence-corrected chi connectivity index (χ2v) is 4.74. The Bertz CT molecular complexity index is 221. The molecule has 2 nitrogen and oxygen atoms in total. The van der Waals surface area contributed by atoms with Crippen molar-refractivity contribution in [3.63, 3.8) is 0 Å². The van der Waals surface area contributed by atoms with Gasteiger partial charge in [-0.15, -0.1) is 0 Å². The Morgan fingerprint density at radius 1 is 0.786 bits per heavy atom. The number of aliphatic hydroxyl groups is 2. The lowest BCUT2D eigenvalue weighted by Crippen LogP contribution is -2.47. The van der Waals surface area contributed by atoms with E-state index in [2.05, 4.69) is 0 Å². The smallest absolute Gasteiger partial charge is 0.112 e. The van der Waals surface area contributed by atoms with Gasteiger partial charge in [-0.1, -0.05) is 23.3 Å². The minimum absolute atomic E-state index is 0.984. The predicted molar refractivity (Wildman–Crippen MR) is 60.1 cm³/mol. The van der Waals surface area contributed by atoms with Crippen molar-refractivity contribution in [2.75, 3.05) is 0 Å². The van der Waals surface area contributed by atoms with E-state index in [-0.39, 0.29) is 0 Å². The van der Waals surface area contributed by atoms with Crippen molar-refractivity contribution < 1.29 is 10.2 Å². The normalized spacial score (nSPS) is 19.1. The van der Waals surface area contributed by atoms with Crippen LogP contribution in [0.25, 0.3) is 0 Å². The molecule has 2 unspecified atom stereocenters. The first-order valence-electron chi connectivity index (χ1n) is 4.85. The molecule has 2 N–H and O–H groups in total. The summed E-state index contributed by atoms with van der Waals surface area (Å²) >= 11 is 0. The van der Waals surface area contributed by atoms with Crippen molar-refractivity contribution in [1.29, 1.82) is 0 Å². The maximum Gasteiger partial charge on any atom is 0.112 e. The van der Waals surface area contributed by atoms with Crippen LogP contribution in [0.1, 0.15) is 41.5 Å².